The molecule has 4 N–H and O–H groups in total. The van der Waals surface area contributed by atoms with Crippen molar-refractivity contribution >= 4 is 46.5 Å². The third-order valence-corrected chi connectivity index (χ3v) is 8.97. The Morgan fingerprint density at radius 1 is 1.00 bits per heavy atom. The largest absolute Gasteiger partial charge is 0.471 e. The second kappa shape index (κ2) is 12.9. The van der Waals surface area contributed by atoms with Crippen LogP contribution >= 0.6 is 23.2 Å². The molecular formula is C33H37Cl2N3O4. The lowest BCUT2D eigenvalue weighted by Gasteiger charge is -2.49. The fraction of sp³-hybridized carbons (Fsp3) is 0.394. The maximum atomic E-state index is 14.2. The number of aliphatic hydroxyl groups is 1. The quantitative estimate of drug-likeness (QED) is 0.201. The summed E-state index contributed by atoms with van der Waals surface area (Å²) in [6.07, 6.45) is 3.94. The molecule has 0 saturated heterocycles. The van der Waals surface area contributed by atoms with Crippen molar-refractivity contribution in [1.29, 1.82) is 0 Å². The van der Waals surface area contributed by atoms with E-state index in [-0.39, 0.29) is 11.8 Å². The first-order valence-electron chi connectivity index (χ1n) is 14.6. The van der Waals surface area contributed by atoms with E-state index in [0.717, 1.165) is 36.8 Å². The van der Waals surface area contributed by atoms with Gasteiger partial charge >= 0.3 is 6.03 Å². The molecule has 222 valence electrons. The molecule has 2 aliphatic rings. The minimum Gasteiger partial charge on any atom is -0.471 e. The van der Waals surface area contributed by atoms with Crippen LogP contribution in [-0.4, -0.2) is 29.2 Å². The molecule has 3 aromatic rings. The van der Waals surface area contributed by atoms with Crippen LogP contribution in [0.15, 0.2) is 60.7 Å². The zero-order chi connectivity index (χ0) is 29.9. The highest BCUT2D eigenvalue weighted by Gasteiger charge is 2.59. The number of hydrogen-bond acceptors (Lipinski definition) is 4. The predicted molar refractivity (Wildman–Crippen MR) is 168 cm³/mol. The molecule has 1 aliphatic heterocycles. The summed E-state index contributed by atoms with van der Waals surface area (Å²) < 4.78 is 6.67. The van der Waals surface area contributed by atoms with E-state index in [9.17, 15) is 14.7 Å². The van der Waals surface area contributed by atoms with Crippen LogP contribution in [0.1, 0.15) is 62.3 Å². The van der Waals surface area contributed by atoms with Crippen LogP contribution in [0, 0.1) is 11.8 Å². The number of hydrogen-bond donors (Lipinski definition) is 4. The predicted octanol–water partition coefficient (Wildman–Crippen LogP) is 7.55. The molecule has 0 spiro atoms. The van der Waals surface area contributed by atoms with Crippen molar-refractivity contribution in [2.75, 3.05) is 17.2 Å². The van der Waals surface area contributed by atoms with Crippen LogP contribution in [0.2, 0.25) is 10.0 Å². The number of nitrogens with one attached hydrogen (secondary N) is 3. The molecule has 1 aliphatic carbocycles. The molecule has 9 heteroatoms. The molecule has 7 nitrogen and oxygen atoms in total. The number of benzene rings is 3. The second-order valence-corrected chi connectivity index (χ2v) is 12.1. The molecule has 0 fully saturated rings. The standard InChI is InChI=1S/C33H37Cl2N3O4/c1-3-5-8-20(4-2)19-36-31(40)33-23(15-21-9-6-7-10-27(21)30(33)39)16-22-17-25(35)18-28(29(22)42-33)38-32(41)37-26-13-11-24(34)12-14-26/h6-7,9-14,17-18,20,23,30,39H,3-5,8,15-16,19H2,1-2H3,(H,36,40)(H2,37,38,41)/t20?,23-,30-,33+/m1/s1. The molecule has 0 bridgehead atoms. The van der Waals surface area contributed by atoms with Gasteiger partial charge in [0.25, 0.3) is 5.91 Å². The minimum atomic E-state index is -1.58. The fourth-order valence-electron chi connectivity index (χ4n) is 6.16. The van der Waals surface area contributed by atoms with Crippen molar-refractivity contribution in [2.45, 2.75) is 64.1 Å². The number of anilines is 2. The number of carbonyl (C=O) groups excluding carboxylic acids is 2. The van der Waals surface area contributed by atoms with Gasteiger partial charge in [-0.15, -0.1) is 0 Å². The number of urea groups is 1. The van der Waals surface area contributed by atoms with Gasteiger partial charge in [-0.2, -0.15) is 0 Å². The zero-order valence-electron chi connectivity index (χ0n) is 23.9. The first kappa shape index (κ1) is 30.2. The molecule has 0 aromatic heterocycles. The summed E-state index contributed by atoms with van der Waals surface area (Å²) in [6, 6.07) is 17.2. The van der Waals surface area contributed by atoms with E-state index in [1.165, 1.54) is 0 Å². The molecule has 4 atom stereocenters. The average molecular weight is 611 g/mol. The van der Waals surface area contributed by atoms with Crippen LogP contribution in [0.25, 0.3) is 0 Å². The number of carbonyl (C=O) groups is 2. The summed E-state index contributed by atoms with van der Waals surface area (Å²) in [5.74, 6) is -0.0322. The Morgan fingerprint density at radius 2 is 1.74 bits per heavy atom. The molecule has 5 rings (SSSR count). The number of rotatable bonds is 9. The van der Waals surface area contributed by atoms with E-state index in [4.69, 9.17) is 27.9 Å². The lowest BCUT2D eigenvalue weighted by Crippen LogP contribution is -2.64. The second-order valence-electron chi connectivity index (χ2n) is 11.3. The van der Waals surface area contributed by atoms with Gasteiger partial charge < -0.3 is 25.8 Å². The highest BCUT2D eigenvalue weighted by atomic mass is 35.5. The van der Waals surface area contributed by atoms with Gasteiger partial charge in [0, 0.05) is 28.2 Å². The topological polar surface area (TPSA) is 99.7 Å². The van der Waals surface area contributed by atoms with E-state index < -0.39 is 17.7 Å². The van der Waals surface area contributed by atoms with Crippen molar-refractivity contribution in [3.05, 3.63) is 87.4 Å². The Hall–Kier alpha value is -3.26. The van der Waals surface area contributed by atoms with Crippen molar-refractivity contribution in [2.24, 2.45) is 11.8 Å². The highest BCUT2D eigenvalue weighted by molar-refractivity contribution is 6.31. The number of unbranched alkanes of at least 4 members (excludes halogenated alkanes) is 1. The van der Waals surface area contributed by atoms with Gasteiger partial charge in [-0.05, 0) is 78.3 Å². The molecular weight excluding hydrogens is 573 g/mol. The lowest BCUT2D eigenvalue weighted by molar-refractivity contribution is -0.163. The Labute approximate surface area is 256 Å². The van der Waals surface area contributed by atoms with Gasteiger partial charge in [0.2, 0.25) is 5.60 Å². The van der Waals surface area contributed by atoms with Crippen LogP contribution < -0.4 is 20.7 Å². The Morgan fingerprint density at radius 3 is 2.48 bits per heavy atom. The monoisotopic (exact) mass is 609 g/mol. The third kappa shape index (κ3) is 6.10. The van der Waals surface area contributed by atoms with Crippen molar-refractivity contribution < 1.29 is 19.4 Å². The van der Waals surface area contributed by atoms with Crippen LogP contribution in [0.5, 0.6) is 5.75 Å². The normalized spacial score (nSPS) is 21.2. The van der Waals surface area contributed by atoms with Gasteiger partial charge in [0.15, 0.2) is 0 Å². The van der Waals surface area contributed by atoms with Gasteiger partial charge in [0.05, 0.1) is 5.69 Å². The summed E-state index contributed by atoms with van der Waals surface area (Å²) in [6.45, 7) is 4.79. The summed E-state index contributed by atoms with van der Waals surface area (Å²) in [7, 11) is 0. The van der Waals surface area contributed by atoms with E-state index >= 15 is 0 Å². The molecule has 3 aromatic carbocycles. The van der Waals surface area contributed by atoms with E-state index in [1.54, 1.807) is 36.4 Å². The van der Waals surface area contributed by atoms with E-state index in [1.807, 2.05) is 24.3 Å². The van der Waals surface area contributed by atoms with Gasteiger partial charge in [0.1, 0.15) is 11.9 Å². The van der Waals surface area contributed by atoms with Crippen LogP contribution in [0.4, 0.5) is 16.2 Å². The number of aliphatic hydroxyl groups excluding tert-OH is 1. The summed E-state index contributed by atoms with van der Waals surface area (Å²) in [5, 5.41) is 21.6. The van der Waals surface area contributed by atoms with E-state index in [2.05, 4.69) is 29.8 Å². The van der Waals surface area contributed by atoms with Crippen molar-refractivity contribution in [3.63, 3.8) is 0 Å². The van der Waals surface area contributed by atoms with Crippen LogP contribution in [0.3, 0.4) is 0 Å². The fourth-order valence-corrected chi connectivity index (χ4v) is 6.53. The molecule has 1 unspecified atom stereocenters. The highest BCUT2D eigenvalue weighted by Crippen LogP contribution is 2.52. The lowest BCUT2D eigenvalue weighted by atomic mass is 9.66. The zero-order valence-corrected chi connectivity index (χ0v) is 25.4. The Balaban J connectivity index is 1.48. The summed E-state index contributed by atoms with van der Waals surface area (Å²) in [4.78, 5) is 27.2. The molecule has 1 heterocycles. The summed E-state index contributed by atoms with van der Waals surface area (Å²) >= 11 is 12.5. The van der Waals surface area contributed by atoms with Crippen molar-refractivity contribution in [3.8, 4) is 5.75 Å². The van der Waals surface area contributed by atoms with Gasteiger partial charge in [-0.3, -0.25) is 4.79 Å². The molecule has 0 saturated carbocycles. The Kier molecular flexibility index (Phi) is 9.31. The number of ether oxygens (including phenoxy) is 1. The average Bonchev–Trinajstić information content (AvgIpc) is 2.97. The molecule has 3 amide bonds. The van der Waals surface area contributed by atoms with Gasteiger partial charge in [-0.1, -0.05) is 80.6 Å². The number of fused-ring (bicyclic) bond motifs is 3. The Bertz CT molecular complexity index is 1450. The molecule has 42 heavy (non-hydrogen) atoms. The minimum absolute atomic E-state index is 0.315. The van der Waals surface area contributed by atoms with Crippen LogP contribution in [-0.2, 0) is 17.6 Å². The summed E-state index contributed by atoms with van der Waals surface area (Å²) in [5.41, 5.74) is 1.71. The first-order chi connectivity index (χ1) is 20.2. The van der Waals surface area contributed by atoms with Crippen molar-refractivity contribution in [1.82, 2.24) is 5.32 Å². The smallest absolute Gasteiger partial charge is 0.323 e. The maximum absolute atomic E-state index is 14.2. The van der Waals surface area contributed by atoms with E-state index in [0.29, 0.717) is 58.0 Å². The number of halogens is 2. The third-order valence-electron chi connectivity index (χ3n) is 8.50. The SMILES string of the molecule is CCCCC(CC)CNC(=O)[C@]12Oc3c(cc(Cl)cc3NC(=O)Nc3ccc(Cl)cc3)C[C@H]1Cc1ccccc1[C@H]2O. The number of amides is 3. The van der Waals surface area contributed by atoms with Gasteiger partial charge in [-0.25, -0.2) is 4.79 Å². The maximum Gasteiger partial charge on any atom is 0.323 e. The first-order valence-corrected chi connectivity index (χ1v) is 15.4. The molecule has 0 radical (unpaired) electrons.